The van der Waals surface area contributed by atoms with Crippen LogP contribution < -0.4 is 14.4 Å². The van der Waals surface area contributed by atoms with Crippen LogP contribution in [0.5, 0.6) is 17.2 Å². The topological polar surface area (TPSA) is 110 Å². The highest BCUT2D eigenvalue weighted by atomic mass is 35.5. The van der Waals surface area contributed by atoms with E-state index in [1.807, 2.05) is 73.7 Å². The first-order chi connectivity index (χ1) is 25.1. The van der Waals surface area contributed by atoms with Gasteiger partial charge < -0.3 is 14.6 Å². The Hall–Kier alpha value is -5.47. The summed E-state index contributed by atoms with van der Waals surface area (Å²) >= 11 is 6.47. The largest absolute Gasteiger partial charge is 0.502 e. The van der Waals surface area contributed by atoms with Crippen LogP contribution in [0.4, 0.5) is 5.69 Å². The number of amides is 2. The molecule has 1 saturated heterocycles. The molecule has 1 aliphatic heterocycles. The van der Waals surface area contributed by atoms with E-state index in [4.69, 9.17) is 21.1 Å². The number of nitrogens with zero attached hydrogens (tertiary/aromatic N) is 1. The molecule has 8 rings (SSSR count). The van der Waals surface area contributed by atoms with Crippen molar-refractivity contribution in [2.24, 2.45) is 23.7 Å². The van der Waals surface area contributed by atoms with Crippen LogP contribution in [0, 0.1) is 30.6 Å². The minimum Gasteiger partial charge on any atom is -0.502 e. The zero-order chi connectivity index (χ0) is 36.5. The van der Waals surface area contributed by atoms with Crippen molar-refractivity contribution >= 4 is 46.2 Å². The lowest BCUT2D eigenvalue weighted by molar-refractivity contribution is -0.135. The second-order valence-electron chi connectivity index (χ2n) is 14.0. The minimum atomic E-state index is -1.44. The molecule has 0 aromatic heterocycles. The van der Waals surface area contributed by atoms with Gasteiger partial charge in [0.25, 0.3) is 0 Å². The van der Waals surface area contributed by atoms with Gasteiger partial charge in [-0.1, -0.05) is 90.0 Å². The lowest BCUT2D eigenvalue weighted by Gasteiger charge is -2.55. The average molecular weight is 714 g/mol. The molecule has 6 atom stereocenters. The van der Waals surface area contributed by atoms with E-state index in [1.54, 1.807) is 30.3 Å². The van der Waals surface area contributed by atoms with Crippen molar-refractivity contribution < 1.29 is 33.8 Å². The number of imide groups is 1. The molecule has 9 heteroatoms. The van der Waals surface area contributed by atoms with Crippen molar-refractivity contribution in [3.8, 4) is 17.2 Å². The number of aryl methyl sites for hydroxylation is 1. The molecular weight excluding hydrogens is 678 g/mol. The van der Waals surface area contributed by atoms with Gasteiger partial charge in [-0.2, -0.15) is 0 Å². The zero-order valence-corrected chi connectivity index (χ0v) is 29.6. The number of carbonyl (C=O) groups excluding carboxylic acids is 4. The van der Waals surface area contributed by atoms with Gasteiger partial charge in [-0.3, -0.25) is 19.2 Å². The monoisotopic (exact) mass is 713 g/mol. The van der Waals surface area contributed by atoms with Gasteiger partial charge in [-0.05, 0) is 78.3 Å². The zero-order valence-electron chi connectivity index (χ0n) is 28.8. The predicted octanol–water partition coefficient (Wildman–Crippen LogP) is 7.40. The molecule has 1 N–H and O–H groups in total. The van der Waals surface area contributed by atoms with Crippen molar-refractivity contribution in [2.45, 2.75) is 31.1 Å². The number of phenolic OH excluding ortho intramolecular Hbond substituents is 1. The summed E-state index contributed by atoms with van der Waals surface area (Å²) in [7, 11) is 2.86. The van der Waals surface area contributed by atoms with Crippen LogP contribution in [-0.2, 0) is 24.6 Å². The molecule has 1 saturated carbocycles. The normalized spacial score (nSPS) is 26.6. The van der Waals surface area contributed by atoms with Gasteiger partial charge in [0.2, 0.25) is 17.6 Å². The number of hydrogen-bond acceptors (Lipinski definition) is 7. The third-order valence-corrected chi connectivity index (χ3v) is 12.0. The fourth-order valence-electron chi connectivity index (χ4n) is 9.31. The summed E-state index contributed by atoms with van der Waals surface area (Å²) in [5, 5.41) is 11.4. The van der Waals surface area contributed by atoms with E-state index in [0.717, 1.165) is 11.1 Å². The fourth-order valence-corrected chi connectivity index (χ4v) is 9.48. The highest BCUT2D eigenvalue weighted by molar-refractivity contribution is 6.33. The minimum absolute atomic E-state index is 0.134. The third-order valence-electron chi connectivity index (χ3n) is 11.6. The number of ether oxygens (including phenoxy) is 2. The third kappa shape index (κ3) is 4.80. The van der Waals surface area contributed by atoms with E-state index < -0.39 is 35.0 Å². The number of fused-ring (bicyclic) bond motifs is 4. The van der Waals surface area contributed by atoms with Gasteiger partial charge in [0.15, 0.2) is 23.1 Å². The van der Waals surface area contributed by atoms with Gasteiger partial charge in [-0.15, -0.1) is 0 Å². The molecule has 0 radical (unpaired) electrons. The van der Waals surface area contributed by atoms with Crippen molar-refractivity contribution in [3.05, 3.63) is 136 Å². The molecule has 6 unspecified atom stereocenters. The molecule has 4 aliphatic rings. The molecule has 0 bridgehead atoms. The Bertz CT molecular complexity index is 2200. The SMILES string of the molecule is COc1cc(C2C3=CCC4C(=O)N(c5ccc(C)c(Cl)c5)C(=O)C4C3CC3C(=O)C(c4ccccc4)=CC(=O)C32c2ccccc2)cc(OC)c1O. The average Bonchev–Trinajstić information content (AvgIpc) is 3.43. The summed E-state index contributed by atoms with van der Waals surface area (Å²) in [5.41, 5.74) is 2.75. The van der Waals surface area contributed by atoms with Crippen LogP contribution in [0.1, 0.15) is 41.0 Å². The van der Waals surface area contributed by atoms with E-state index in [0.29, 0.717) is 33.0 Å². The molecule has 262 valence electrons. The quantitative estimate of drug-likeness (QED) is 0.164. The number of allylic oxidation sites excluding steroid dienone is 4. The lowest BCUT2D eigenvalue weighted by atomic mass is 9.44. The number of aromatic hydroxyl groups is 1. The maximum absolute atomic E-state index is 15.2. The molecule has 4 aromatic rings. The molecule has 2 fully saturated rings. The number of methoxy groups -OCH3 is 2. The summed E-state index contributed by atoms with van der Waals surface area (Å²) in [6, 6.07) is 26.9. The number of rotatable bonds is 6. The van der Waals surface area contributed by atoms with Gasteiger partial charge in [-0.25, -0.2) is 4.90 Å². The van der Waals surface area contributed by atoms with Crippen molar-refractivity contribution in [1.29, 1.82) is 0 Å². The first kappa shape index (κ1) is 33.7. The summed E-state index contributed by atoms with van der Waals surface area (Å²) in [5.74, 6) is -4.77. The first-order valence-electron chi connectivity index (χ1n) is 17.3. The maximum Gasteiger partial charge on any atom is 0.238 e. The fraction of sp³-hybridized carbons (Fsp3) is 0.256. The molecule has 1 heterocycles. The van der Waals surface area contributed by atoms with Crippen molar-refractivity contribution in [2.75, 3.05) is 19.1 Å². The molecule has 0 spiro atoms. The van der Waals surface area contributed by atoms with E-state index in [2.05, 4.69) is 0 Å². The number of halogens is 1. The van der Waals surface area contributed by atoms with E-state index >= 15 is 9.59 Å². The number of benzene rings is 4. The van der Waals surface area contributed by atoms with Crippen LogP contribution in [0.3, 0.4) is 0 Å². The summed E-state index contributed by atoms with van der Waals surface area (Å²) < 4.78 is 11.2. The van der Waals surface area contributed by atoms with Crippen LogP contribution in [-0.4, -0.2) is 42.7 Å². The Balaban J connectivity index is 1.38. The molecule has 3 aliphatic carbocycles. The highest BCUT2D eigenvalue weighted by Crippen LogP contribution is 2.64. The Morgan fingerprint density at radius 2 is 1.48 bits per heavy atom. The van der Waals surface area contributed by atoms with Crippen LogP contribution in [0.2, 0.25) is 5.02 Å². The standard InChI is InChI=1S/C43H36ClNO7/c1-23-14-15-27(20-33(23)44)45-41(49)29-17-16-28-31(37(29)42(45)50)21-32-39(47)30(24-10-6-4-7-11-24)22-36(46)43(32,26-12-8-5-9-13-26)38(28)25-18-34(51-2)40(48)35(19-25)52-3/h4-16,18-20,22,29,31-32,37-38,48H,17,21H2,1-3H3. The van der Waals surface area contributed by atoms with Gasteiger partial charge in [0, 0.05) is 22.4 Å². The Morgan fingerprint density at radius 3 is 2.12 bits per heavy atom. The molecule has 4 aromatic carbocycles. The van der Waals surface area contributed by atoms with Gasteiger partial charge in [0.05, 0.1) is 37.2 Å². The smallest absolute Gasteiger partial charge is 0.238 e. The van der Waals surface area contributed by atoms with E-state index in [1.165, 1.54) is 25.2 Å². The Morgan fingerprint density at radius 1 is 0.827 bits per heavy atom. The van der Waals surface area contributed by atoms with Gasteiger partial charge >= 0.3 is 0 Å². The molecule has 52 heavy (non-hydrogen) atoms. The first-order valence-corrected chi connectivity index (χ1v) is 17.7. The lowest BCUT2D eigenvalue weighted by Crippen LogP contribution is -2.58. The summed E-state index contributed by atoms with van der Waals surface area (Å²) in [6.07, 6.45) is 3.90. The number of phenols is 1. The van der Waals surface area contributed by atoms with Crippen molar-refractivity contribution in [3.63, 3.8) is 0 Å². The Kier molecular flexibility index (Phi) is 8.18. The van der Waals surface area contributed by atoms with Gasteiger partial charge in [0.1, 0.15) is 0 Å². The molecule has 2 amide bonds. The summed E-state index contributed by atoms with van der Waals surface area (Å²) in [6.45, 7) is 1.85. The number of hydrogen-bond donors (Lipinski definition) is 1. The maximum atomic E-state index is 15.2. The number of carbonyl (C=O) groups is 4. The number of anilines is 1. The second kappa shape index (κ2) is 12.6. The van der Waals surface area contributed by atoms with Crippen molar-refractivity contribution in [1.82, 2.24) is 0 Å². The van der Waals surface area contributed by atoms with E-state index in [-0.39, 0.29) is 53.5 Å². The number of Topliss-reactive ketones (excluding diaryl/α,β-unsaturated/α-hetero) is 1. The highest BCUT2D eigenvalue weighted by Gasteiger charge is 2.66. The number of ketones is 2. The van der Waals surface area contributed by atoms with Crippen LogP contribution in [0.15, 0.2) is 109 Å². The van der Waals surface area contributed by atoms with Crippen LogP contribution in [0.25, 0.3) is 5.57 Å². The van der Waals surface area contributed by atoms with E-state index in [9.17, 15) is 14.7 Å². The molecular formula is C43H36ClNO7. The second-order valence-corrected chi connectivity index (χ2v) is 14.4. The summed E-state index contributed by atoms with van der Waals surface area (Å²) in [4.78, 5) is 60.4. The molecule has 8 nitrogen and oxygen atoms in total. The predicted molar refractivity (Wildman–Crippen MR) is 196 cm³/mol. The Labute approximate surface area is 306 Å². The van der Waals surface area contributed by atoms with Crippen LogP contribution >= 0.6 is 11.6 Å².